The molecule has 2 N–H and O–H groups in total. The molecule has 17 heavy (non-hydrogen) atoms. The summed E-state index contributed by atoms with van der Waals surface area (Å²) in [7, 11) is 0. The zero-order valence-corrected chi connectivity index (χ0v) is 11.0. The van der Waals surface area contributed by atoms with Crippen molar-refractivity contribution < 1.29 is 0 Å². The highest BCUT2D eigenvalue weighted by Gasteiger charge is 2.16. The Morgan fingerprint density at radius 1 is 1.29 bits per heavy atom. The molecule has 0 bridgehead atoms. The molecule has 0 amide bonds. The van der Waals surface area contributed by atoms with Crippen LogP contribution in [0.1, 0.15) is 25.5 Å². The summed E-state index contributed by atoms with van der Waals surface area (Å²) in [4.78, 5) is 1.17. The van der Waals surface area contributed by atoms with Gasteiger partial charge >= 0.3 is 0 Å². The van der Waals surface area contributed by atoms with Gasteiger partial charge in [-0.05, 0) is 24.3 Å². The van der Waals surface area contributed by atoms with Gasteiger partial charge in [0.1, 0.15) is 0 Å². The van der Waals surface area contributed by atoms with Crippen LogP contribution in [0.3, 0.4) is 0 Å². The van der Waals surface area contributed by atoms with Crippen LogP contribution in [0.4, 0.5) is 5.82 Å². The highest BCUT2D eigenvalue weighted by molar-refractivity contribution is 7.98. The number of para-hydroxylation sites is 1. The lowest BCUT2D eigenvalue weighted by atomic mass is 10.1. The zero-order chi connectivity index (χ0) is 12.4. The van der Waals surface area contributed by atoms with E-state index in [-0.39, 0.29) is 0 Å². The molecule has 0 fully saturated rings. The van der Waals surface area contributed by atoms with Crippen LogP contribution in [0, 0.1) is 0 Å². The van der Waals surface area contributed by atoms with Crippen LogP contribution < -0.4 is 5.73 Å². The monoisotopic (exact) mass is 248 g/mol. The lowest BCUT2D eigenvalue weighted by Crippen LogP contribution is -2.06. The van der Waals surface area contributed by atoms with Crippen molar-refractivity contribution in [2.45, 2.75) is 24.7 Å². The van der Waals surface area contributed by atoms with Gasteiger partial charge in [0, 0.05) is 4.90 Å². The van der Waals surface area contributed by atoms with Gasteiger partial charge in [0.05, 0.1) is 11.4 Å². The molecule has 2 aromatic rings. The number of benzene rings is 1. The molecular formula is C12H16N4S. The summed E-state index contributed by atoms with van der Waals surface area (Å²) in [5.74, 6) is 0.802. The molecule has 0 saturated carbocycles. The summed E-state index contributed by atoms with van der Waals surface area (Å²) in [6.07, 6.45) is 2.05. The molecular weight excluding hydrogens is 232 g/mol. The molecule has 2 rings (SSSR count). The van der Waals surface area contributed by atoms with Gasteiger partial charge in [0.2, 0.25) is 0 Å². The highest BCUT2D eigenvalue weighted by Crippen LogP contribution is 2.28. The van der Waals surface area contributed by atoms with E-state index >= 15 is 0 Å². The van der Waals surface area contributed by atoms with E-state index in [1.54, 1.807) is 11.8 Å². The van der Waals surface area contributed by atoms with Crippen molar-refractivity contribution in [2.75, 3.05) is 12.0 Å². The van der Waals surface area contributed by atoms with Crippen molar-refractivity contribution in [3.63, 3.8) is 0 Å². The molecule has 0 unspecified atom stereocenters. The second-order valence-electron chi connectivity index (χ2n) is 4.10. The number of anilines is 1. The quantitative estimate of drug-likeness (QED) is 0.848. The van der Waals surface area contributed by atoms with Gasteiger partial charge in [0.25, 0.3) is 0 Å². The van der Waals surface area contributed by atoms with E-state index < -0.39 is 0 Å². The zero-order valence-electron chi connectivity index (χ0n) is 10.2. The van der Waals surface area contributed by atoms with Gasteiger partial charge in [-0.1, -0.05) is 31.2 Å². The number of hydrogen-bond acceptors (Lipinski definition) is 4. The van der Waals surface area contributed by atoms with Gasteiger partial charge < -0.3 is 5.73 Å². The van der Waals surface area contributed by atoms with Crippen molar-refractivity contribution in [1.82, 2.24) is 15.0 Å². The van der Waals surface area contributed by atoms with Gasteiger partial charge in [-0.3, -0.25) is 0 Å². The third-order valence-electron chi connectivity index (χ3n) is 2.59. The standard InChI is InChI=1S/C12H16N4S/c1-8(2)11-12(13)14-15-16(11)9-6-4-5-7-10(9)17-3/h4-8H,13H2,1-3H3. The molecule has 0 spiro atoms. The van der Waals surface area contributed by atoms with E-state index in [0.29, 0.717) is 11.7 Å². The molecule has 90 valence electrons. The fourth-order valence-corrected chi connectivity index (χ4v) is 2.40. The number of thioether (sulfide) groups is 1. The third-order valence-corrected chi connectivity index (χ3v) is 3.38. The smallest absolute Gasteiger partial charge is 0.169 e. The summed E-state index contributed by atoms with van der Waals surface area (Å²) in [6.45, 7) is 4.18. The normalized spacial score (nSPS) is 11.1. The third kappa shape index (κ3) is 2.15. The Morgan fingerprint density at radius 3 is 2.65 bits per heavy atom. The predicted molar refractivity (Wildman–Crippen MR) is 71.6 cm³/mol. The number of nitrogen functional groups attached to an aromatic ring is 1. The van der Waals surface area contributed by atoms with E-state index in [2.05, 4.69) is 30.2 Å². The maximum Gasteiger partial charge on any atom is 0.169 e. The average molecular weight is 248 g/mol. The molecule has 0 atom stereocenters. The Balaban J connectivity index is 2.60. The minimum Gasteiger partial charge on any atom is -0.381 e. The molecule has 0 radical (unpaired) electrons. The number of nitrogens with zero attached hydrogens (tertiary/aromatic N) is 3. The fraction of sp³-hybridized carbons (Fsp3) is 0.333. The molecule has 1 aromatic carbocycles. The second kappa shape index (κ2) is 4.79. The van der Waals surface area contributed by atoms with E-state index in [4.69, 9.17) is 5.73 Å². The first-order valence-corrected chi connectivity index (χ1v) is 6.72. The molecule has 1 aromatic heterocycles. The Bertz CT molecular complexity index is 519. The molecule has 0 aliphatic carbocycles. The molecule has 5 heteroatoms. The number of aromatic nitrogens is 3. The van der Waals surface area contributed by atoms with E-state index in [9.17, 15) is 0 Å². The lowest BCUT2D eigenvalue weighted by Gasteiger charge is -2.12. The van der Waals surface area contributed by atoms with E-state index in [1.165, 1.54) is 4.90 Å². The van der Waals surface area contributed by atoms with Crippen molar-refractivity contribution >= 4 is 17.6 Å². The first kappa shape index (κ1) is 12.0. The van der Waals surface area contributed by atoms with Crippen LogP contribution >= 0.6 is 11.8 Å². The van der Waals surface area contributed by atoms with Gasteiger partial charge in [-0.2, -0.15) is 0 Å². The molecule has 4 nitrogen and oxygen atoms in total. The average Bonchev–Trinajstić information content (AvgIpc) is 2.71. The van der Waals surface area contributed by atoms with Crippen LogP contribution in [-0.2, 0) is 0 Å². The largest absolute Gasteiger partial charge is 0.381 e. The second-order valence-corrected chi connectivity index (χ2v) is 4.95. The predicted octanol–water partition coefficient (Wildman–Crippen LogP) is 2.69. The Morgan fingerprint density at radius 2 is 2.00 bits per heavy atom. The first-order valence-electron chi connectivity index (χ1n) is 5.49. The van der Waals surface area contributed by atoms with E-state index in [0.717, 1.165) is 11.4 Å². The van der Waals surface area contributed by atoms with E-state index in [1.807, 2.05) is 29.1 Å². The SMILES string of the molecule is CSc1ccccc1-n1nnc(N)c1C(C)C. The number of rotatable bonds is 3. The maximum atomic E-state index is 5.87. The fourth-order valence-electron chi connectivity index (χ4n) is 1.82. The van der Waals surface area contributed by atoms with Crippen molar-refractivity contribution in [3.05, 3.63) is 30.0 Å². The summed E-state index contributed by atoms with van der Waals surface area (Å²) >= 11 is 1.69. The molecule has 0 aliphatic heterocycles. The summed E-state index contributed by atoms with van der Waals surface area (Å²) in [6, 6.07) is 8.12. The highest BCUT2D eigenvalue weighted by atomic mass is 32.2. The molecule has 1 heterocycles. The van der Waals surface area contributed by atoms with Crippen LogP contribution in [0.25, 0.3) is 5.69 Å². The summed E-state index contributed by atoms with van der Waals surface area (Å²) in [5, 5.41) is 8.12. The Kier molecular flexibility index (Phi) is 3.38. The Hall–Kier alpha value is -1.49. The number of hydrogen-bond donors (Lipinski definition) is 1. The number of nitrogens with two attached hydrogens (primary N) is 1. The maximum absolute atomic E-state index is 5.87. The van der Waals surface area contributed by atoms with Crippen LogP contribution in [0.5, 0.6) is 0 Å². The summed E-state index contributed by atoms with van der Waals surface area (Å²) < 4.78 is 1.84. The molecule has 0 saturated heterocycles. The van der Waals surface area contributed by atoms with Crippen LogP contribution in [-0.4, -0.2) is 21.2 Å². The van der Waals surface area contributed by atoms with Gasteiger partial charge in [-0.15, -0.1) is 16.9 Å². The summed E-state index contributed by atoms with van der Waals surface area (Å²) in [5.41, 5.74) is 7.87. The lowest BCUT2D eigenvalue weighted by molar-refractivity contribution is 0.708. The van der Waals surface area contributed by atoms with Crippen LogP contribution in [0.15, 0.2) is 29.2 Å². The molecule has 0 aliphatic rings. The van der Waals surface area contributed by atoms with Gasteiger partial charge in [-0.25, -0.2) is 4.68 Å². The Labute approximate surface area is 105 Å². The van der Waals surface area contributed by atoms with Crippen LogP contribution in [0.2, 0.25) is 0 Å². The van der Waals surface area contributed by atoms with Crippen molar-refractivity contribution in [3.8, 4) is 5.69 Å². The van der Waals surface area contributed by atoms with Gasteiger partial charge in [0.15, 0.2) is 5.82 Å². The minimum atomic E-state index is 0.292. The van der Waals surface area contributed by atoms with Crippen molar-refractivity contribution in [2.24, 2.45) is 0 Å². The topological polar surface area (TPSA) is 56.7 Å². The van der Waals surface area contributed by atoms with Crippen molar-refractivity contribution in [1.29, 1.82) is 0 Å². The minimum absolute atomic E-state index is 0.292. The first-order chi connectivity index (χ1) is 8.15.